The number of nitriles is 1. The minimum atomic E-state index is 0.559. The average molecular weight is 522 g/mol. The Bertz CT molecular complexity index is 1340. The number of hydrogen-bond donors (Lipinski definition) is 0. The highest BCUT2D eigenvalue weighted by Gasteiger charge is 2.14. The molecule has 0 radical (unpaired) electrons. The molecular formula is C36H47N3. The van der Waals surface area contributed by atoms with E-state index in [9.17, 15) is 5.26 Å². The number of allylic oxidation sites excluding steroid dienone is 5. The molecule has 0 saturated heterocycles. The second kappa shape index (κ2) is 16.9. The molecule has 1 aromatic carbocycles. The Hall–Kier alpha value is -3.77. The van der Waals surface area contributed by atoms with Crippen LogP contribution < -0.4 is 10.6 Å². The molecule has 206 valence electrons. The van der Waals surface area contributed by atoms with Crippen LogP contribution in [0.2, 0.25) is 0 Å². The Balaban J connectivity index is 2.24. The van der Waals surface area contributed by atoms with Gasteiger partial charge in [0, 0.05) is 37.4 Å². The molecule has 1 aromatic heterocycles. The van der Waals surface area contributed by atoms with Crippen LogP contribution >= 0.6 is 0 Å². The number of nitrogens with zero attached hydrogens (tertiary/aromatic N) is 3. The first-order chi connectivity index (χ1) is 18.9. The van der Waals surface area contributed by atoms with Crippen molar-refractivity contribution in [1.82, 2.24) is 9.47 Å². The summed E-state index contributed by atoms with van der Waals surface area (Å²) in [5.41, 5.74) is 6.18. The molecular weight excluding hydrogens is 474 g/mol. The molecule has 0 saturated carbocycles. The van der Waals surface area contributed by atoms with Crippen LogP contribution in [0.15, 0.2) is 90.8 Å². The monoisotopic (exact) mass is 521 g/mol. The van der Waals surface area contributed by atoms with Gasteiger partial charge in [0.15, 0.2) is 0 Å². The lowest BCUT2D eigenvalue weighted by Crippen LogP contribution is -2.32. The molecule has 39 heavy (non-hydrogen) atoms. The second-order valence-corrected chi connectivity index (χ2v) is 10.2. The predicted molar refractivity (Wildman–Crippen MR) is 170 cm³/mol. The van der Waals surface area contributed by atoms with E-state index in [4.69, 9.17) is 0 Å². The third-order valence-corrected chi connectivity index (χ3v) is 7.13. The topological polar surface area (TPSA) is 32.0 Å². The maximum absolute atomic E-state index is 9.92. The van der Waals surface area contributed by atoms with Crippen molar-refractivity contribution in [3.8, 4) is 6.07 Å². The first-order valence-corrected chi connectivity index (χ1v) is 14.3. The summed E-state index contributed by atoms with van der Waals surface area (Å²) in [5.74, 6) is 0. The SMILES string of the molecule is C=C/C=c1\c(=C(\C)CN(C)C(/C(=C\C)/C=C/c2ccc(CCCCCCCC)cc2)=C(\C#N)C=C)ccn1C. The van der Waals surface area contributed by atoms with Gasteiger partial charge in [-0.25, -0.2) is 0 Å². The molecule has 0 spiro atoms. The van der Waals surface area contributed by atoms with Gasteiger partial charge >= 0.3 is 0 Å². The van der Waals surface area contributed by atoms with Gasteiger partial charge in [0.05, 0.1) is 11.3 Å². The first-order valence-electron chi connectivity index (χ1n) is 14.3. The van der Waals surface area contributed by atoms with Crippen LogP contribution in [0.1, 0.15) is 70.4 Å². The molecule has 0 N–H and O–H groups in total. The maximum Gasteiger partial charge on any atom is 0.101 e. The summed E-state index contributed by atoms with van der Waals surface area (Å²) in [5, 5.41) is 12.2. The van der Waals surface area contributed by atoms with E-state index in [1.807, 2.05) is 33.2 Å². The van der Waals surface area contributed by atoms with Crippen molar-refractivity contribution in [3.63, 3.8) is 0 Å². The maximum atomic E-state index is 9.92. The van der Waals surface area contributed by atoms with Gasteiger partial charge in [0.1, 0.15) is 6.07 Å². The molecule has 0 bridgehead atoms. The van der Waals surface area contributed by atoms with Gasteiger partial charge in [-0.05, 0) is 67.2 Å². The van der Waals surface area contributed by atoms with Crippen molar-refractivity contribution in [2.45, 2.75) is 65.7 Å². The lowest BCUT2D eigenvalue weighted by Gasteiger charge is -2.25. The molecule has 0 unspecified atom stereocenters. The van der Waals surface area contributed by atoms with Gasteiger partial charge in [-0.2, -0.15) is 5.26 Å². The molecule has 0 aliphatic carbocycles. The van der Waals surface area contributed by atoms with E-state index in [0.29, 0.717) is 12.1 Å². The molecule has 3 heteroatoms. The summed E-state index contributed by atoms with van der Waals surface area (Å²) in [6.07, 6.45) is 22.9. The van der Waals surface area contributed by atoms with Crippen LogP contribution in [0.5, 0.6) is 0 Å². The zero-order valence-electron chi connectivity index (χ0n) is 24.8. The number of rotatable bonds is 15. The van der Waals surface area contributed by atoms with E-state index < -0.39 is 0 Å². The molecule has 0 fully saturated rings. The molecule has 0 amide bonds. The normalized spacial score (nSPS) is 13.7. The van der Waals surface area contributed by atoms with Crippen molar-refractivity contribution >= 4 is 17.7 Å². The largest absolute Gasteiger partial charge is 0.369 e. The Kier molecular flexibility index (Phi) is 13.7. The van der Waals surface area contributed by atoms with Crippen molar-refractivity contribution in [1.29, 1.82) is 5.26 Å². The summed E-state index contributed by atoms with van der Waals surface area (Å²) in [7, 11) is 4.07. The summed E-state index contributed by atoms with van der Waals surface area (Å²) in [4.78, 5) is 2.14. The number of likely N-dealkylation sites (N-methyl/N-ethyl adjacent to an activating group) is 1. The third-order valence-electron chi connectivity index (χ3n) is 7.13. The summed E-state index contributed by atoms with van der Waals surface area (Å²) < 4.78 is 2.10. The minimum Gasteiger partial charge on any atom is -0.369 e. The lowest BCUT2D eigenvalue weighted by atomic mass is 10.0. The Labute approximate surface area is 237 Å². The molecule has 0 aliphatic heterocycles. The molecule has 1 heterocycles. The van der Waals surface area contributed by atoms with Gasteiger partial charge in [0.2, 0.25) is 0 Å². The minimum absolute atomic E-state index is 0.559. The Morgan fingerprint density at radius 2 is 1.74 bits per heavy atom. The van der Waals surface area contributed by atoms with E-state index in [0.717, 1.165) is 28.6 Å². The van der Waals surface area contributed by atoms with Crippen LogP contribution in [0.25, 0.3) is 17.7 Å². The Morgan fingerprint density at radius 3 is 2.36 bits per heavy atom. The van der Waals surface area contributed by atoms with E-state index in [-0.39, 0.29) is 0 Å². The van der Waals surface area contributed by atoms with Crippen molar-refractivity contribution in [3.05, 3.63) is 113 Å². The number of aromatic nitrogens is 1. The predicted octanol–water partition coefficient (Wildman–Crippen LogP) is 7.62. The van der Waals surface area contributed by atoms with Crippen LogP contribution in [0.4, 0.5) is 0 Å². The van der Waals surface area contributed by atoms with E-state index in [1.54, 1.807) is 6.08 Å². The van der Waals surface area contributed by atoms with Gasteiger partial charge < -0.3 is 9.47 Å². The highest BCUT2D eigenvalue weighted by molar-refractivity contribution is 5.60. The van der Waals surface area contributed by atoms with Crippen molar-refractivity contribution in [2.24, 2.45) is 7.05 Å². The quantitative estimate of drug-likeness (QED) is 0.137. The highest BCUT2D eigenvalue weighted by Crippen LogP contribution is 2.23. The van der Waals surface area contributed by atoms with E-state index >= 15 is 0 Å². The standard InChI is InChI=1S/C36H47N3/c1-8-12-13-14-15-16-18-30-19-21-31(22-20-30)23-24-32(10-3)36(33(11-4)27-37)39(7)28-29(5)34-25-26-38(6)35(34)17-9-2/h9-11,17,19-26H,2,4,8,12-16,18,28H2,1,3,5-7H3/b24-23+,32-10-,34-29-,35-17+,36-33-. The second-order valence-electron chi connectivity index (χ2n) is 10.2. The fourth-order valence-corrected chi connectivity index (χ4v) is 4.92. The molecule has 0 aliphatic rings. The molecule has 2 rings (SSSR count). The van der Waals surface area contributed by atoms with Gasteiger partial charge in [-0.15, -0.1) is 0 Å². The third kappa shape index (κ3) is 9.48. The van der Waals surface area contributed by atoms with Crippen LogP contribution in [-0.2, 0) is 13.5 Å². The first kappa shape index (κ1) is 31.4. The highest BCUT2D eigenvalue weighted by atomic mass is 15.1. The van der Waals surface area contributed by atoms with Gasteiger partial charge in [0.25, 0.3) is 0 Å². The number of unbranched alkanes of at least 4 members (excludes halogenated alkanes) is 5. The smallest absolute Gasteiger partial charge is 0.101 e. The average Bonchev–Trinajstić information content (AvgIpc) is 3.31. The molecule has 2 aromatic rings. The van der Waals surface area contributed by atoms with Crippen molar-refractivity contribution in [2.75, 3.05) is 13.6 Å². The Morgan fingerprint density at radius 1 is 1.05 bits per heavy atom. The number of benzene rings is 1. The van der Waals surface area contributed by atoms with Crippen LogP contribution in [0, 0.1) is 11.3 Å². The van der Waals surface area contributed by atoms with Crippen LogP contribution in [-0.4, -0.2) is 23.1 Å². The lowest BCUT2D eigenvalue weighted by molar-refractivity contribution is 0.477. The van der Waals surface area contributed by atoms with E-state index in [2.05, 4.69) is 97.3 Å². The zero-order chi connectivity index (χ0) is 28.6. The molecule has 0 atom stereocenters. The van der Waals surface area contributed by atoms with Gasteiger partial charge in [-0.1, -0.05) is 101 Å². The molecule has 3 nitrogen and oxygen atoms in total. The number of aryl methyl sites for hydroxylation is 2. The van der Waals surface area contributed by atoms with E-state index in [1.165, 1.54) is 54.9 Å². The summed E-state index contributed by atoms with van der Waals surface area (Å²) in [6.45, 7) is 14.9. The number of hydrogen-bond acceptors (Lipinski definition) is 2. The van der Waals surface area contributed by atoms with Crippen molar-refractivity contribution < 1.29 is 0 Å². The zero-order valence-corrected chi connectivity index (χ0v) is 24.8. The summed E-state index contributed by atoms with van der Waals surface area (Å²) in [6, 6.07) is 13.3. The van der Waals surface area contributed by atoms with Crippen LogP contribution in [0.3, 0.4) is 0 Å². The fraction of sp³-hybridized carbons (Fsp3) is 0.361. The summed E-state index contributed by atoms with van der Waals surface area (Å²) >= 11 is 0. The van der Waals surface area contributed by atoms with Gasteiger partial charge in [-0.3, -0.25) is 0 Å². The fourth-order valence-electron chi connectivity index (χ4n) is 4.92.